The maximum atomic E-state index is 12.4. The average Bonchev–Trinajstić information content (AvgIpc) is 2.13. The van der Waals surface area contributed by atoms with Crippen LogP contribution < -0.4 is 0 Å². The highest BCUT2D eigenvalue weighted by molar-refractivity contribution is 5.57. The molecule has 0 aliphatic carbocycles. The number of hydrogen-bond acceptors (Lipinski definition) is 0. The number of halogens is 6. The van der Waals surface area contributed by atoms with Crippen LogP contribution >= 0.6 is 0 Å². The van der Waals surface area contributed by atoms with Crippen molar-refractivity contribution in [1.29, 1.82) is 0 Å². The van der Waals surface area contributed by atoms with E-state index in [0.717, 1.165) is 0 Å². The van der Waals surface area contributed by atoms with Crippen LogP contribution in [0.2, 0.25) is 0 Å². The van der Waals surface area contributed by atoms with Crippen LogP contribution in [0.25, 0.3) is 6.08 Å². The van der Waals surface area contributed by atoms with Gasteiger partial charge < -0.3 is 0 Å². The molecule has 1 aromatic rings. The second-order valence-corrected chi connectivity index (χ2v) is 2.93. The largest absolute Gasteiger partial charge is 0.417 e. The Kier molecular flexibility index (Phi) is 3.03. The minimum atomic E-state index is -4.87. The Bertz CT molecular complexity index is 367. The van der Waals surface area contributed by atoms with Crippen molar-refractivity contribution < 1.29 is 26.3 Å². The molecule has 1 radical (unpaired) electrons. The lowest BCUT2D eigenvalue weighted by atomic mass is 10.0. The van der Waals surface area contributed by atoms with E-state index in [4.69, 9.17) is 6.58 Å². The summed E-state index contributed by atoms with van der Waals surface area (Å²) in [6, 6.07) is 1.79. The summed E-state index contributed by atoms with van der Waals surface area (Å²) in [5.74, 6) is 0. The topological polar surface area (TPSA) is 0 Å². The maximum absolute atomic E-state index is 12.4. The predicted molar refractivity (Wildman–Crippen MR) is 45.2 cm³/mol. The molecular weight excluding hydrogens is 234 g/mol. The van der Waals surface area contributed by atoms with Gasteiger partial charge in [0.2, 0.25) is 0 Å². The van der Waals surface area contributed by atoms with Crippen LogP contribution in [0.15, 0.2) is 18.2 Å². The zero-order chi connectivity index (χ0) is 12.6. The molecule has 0 aliphatic rings. The van der Waals surface area contributed by atoms with Crippen molar-refractivity contribution in [3.05, 3.63) is 41.5 Å². The van der Waals surface area contributed by atoms with E-state index in [1.54, 1.807) is 0 Å². The van der Waals surface area contributed by atoms with E-state index >= 15 is 0 Å². The monoisotopic (exact) mass is 239 g/mol. The Morgan fingerprint density at radius 2 is 1.25 bits per heavy atom. The third-order valence-corrected chi connectivity index (χ3v) is 1.88. The molecular formula is C10H5F6. The summed E-state index contributed by atoms with van der Waals surface area (Å²) < 4.78 is 74.2. The van der Waals surface area contributed by atoms with Crippen LogP contribution in [0, 0.1) is 6.58 Å². The summed E-state index contributed by atoms with van der Waals surface area (Å²) in [5, 5.41) is 0. The number of rotatable bonds is 1. The smallest absolute Gasteiger partial charge is 0.166 e. The second kappa shape index (κ2) is 3.84. The van der Waals surface area contributed by atoms with Gasteiger partial charge in [0.05, 0.1) is 11.1 Å². The van der Waals surface area contributed by atoms with Crippen molar-refractivity contribution in [2.45, 2.75) is 12.4 Å². The summed E-state index contributed by atoms with van der Waals surface area (Å²) in [5.41, 5.74) is -3.85. The van der Waals surface area contributed by atoms with E-state index in [1.165, 1.54) is 0 Å². The molecule has 0 aromatic heterocycles. The molecule has 0 bridgehead atoms. The number of hydrogen-bond donors (Lipinski definition) is 0. The molecule has 1 rings (SSSR count). The minimum absolute atomic E-state index is 0.311. The lowest BCUT2D eigenvalue weighted by Gasteiger charge is -2.15. The van der Waals surface area contributed by atoms with Crippen molar-refractivity contribution >= 4 is 6.08 Å². The zero-order valence-electron chi connectivity index (χ0n) is 7.65. The first-order chi connectivity index (χ1) is 7.18. The Labute approximate surface area is 87.2 Å². The fourth-order valence-electron chi connectivity index (χ4n) is 1.24. The van der Waals surface area contributed by atoms with E-state index in [2.05, 4.69) is 0 Å². The summed E-state index contributed by atoms with van der Waals surface area (Å²) in [6.07, 6.45) is -9.43. The molecule has 16 heavy (non-hydrogen) atoms. The highest BCUT2D eigenvalue weighted by Crippen LogP contribution is 2.39. The fourth-order valence-corrected chi connectivity index (χ4v) is 1.24. The molecule has 0 saturated heterocycles. The molecule has 0 aliphatic heterocycles. The van der Waals surface area contributed by atoms with Crippen molar-refractivity contribution in [1.82, 2.24) is 0 Å². The lowest BCUT2D eigenvalue weighted by molar-refractivity contribution is -0.143. The molecule has 0 saturated carbocycles. The Hall–Kier alpha value is -1.46. The van der Waals surface area contributed by atoms with E-state index in [-0.39, 0.29) is 0 Å². The molecule has 0 fully saturated rings. The molecule has 1 aromatic carbocycles. The molecule has 6 heteroatoms. The van der Waals surface area contributed by atoms with Gasteiger partial charge in [0.25, 0.3) is 0 Å². The van der Waals surface area contributed by atoms with Gasteiger partial charge in [0.1, 0.15) is 0 Å². The van der Waals surface area contributed by atoms with Gasteiger partial charge in [0.15, 0.2) is 0 Å². The van der Waals surface area contributed by atoms with Crippen LogP contribution in [-0.2, 0) is 12.4 Å². The second-order valence-electron chi connectivity index (χ2n) is 2.93. The average molecular weight is 239 g/mol. The summed E-state index contributed by atoms with van der Waals surface area (Å²) in [4.78, 5) is 0. The molecule has 87 valence electrons. The van der Waals surface area contributed by atoms with Gasteiger partial charge in [-0.3, -0.25) is 0 Å². The molecule has 0 atom stereocenters. The Morgan fingerprint density at radius 1 is 0.875 bits per heavy atom. The highest BCUT2D eigenvalue weighted by atomic mass is 19.4. The number of benzene rings is 1. The standard InChI is InChI=1S/C10H5F6/c1-2-6-7(9(11,12)13)4-3-5-8(6)10(14,15)16/h1-5H. The Morgan fingerprint density at radius 3 is 1.50 bits per heavy atom. The normalized spacial score (nSPS) is 12.6. The van der Waals surface area contributed by atoms with Crippen molar-refractivity contribution in [2.24, 2.45) is 0 Å². The summed E-state index contributed by atoms with van der Waals surface area (Å²) >= 11 is 0. The summed E-state index contributed by atoms with van der Waals surface area (Å²) in [7, 11) is 0. The van der Waals surface area contributed by atoms with Crippen molar-refractivity contribution in [3.63, 3.8) is 0 Å². The van der Waals surface area contributed by atoms with Crippen molar-refractivity contribution in [3.8, 4) is 0 Å². The molecule has 0 heterocycles. The van der Waals surface area contributed by atoms with Crippen LogP contribution in [0.5, 0.6) is 0 Å². The van der Waals surface area contributed by atoms with Gasteiger partial charge in [-0.2, -0.15) is 26.3 Å². The van der Waals surface area contributed by atoms with Crippen LogP contribution in [0.1, 0.15) is 16.7 Å². The summed E-state index contributed by atoms with van der Waals surface area (Å²) in [6.45, 7) is 4.82. The third-order valence-electron chi connectivity index (χ3n) is 1.88. The van der Waals surface area contributed by atoms with Crippen molar-refractivity contribution in [2.75, 3.05) is 0 Å². The quantitative estimate of drug-likeness (QED) is 0.645. The Balaban J connectivity index is 3.51. The third kappa shape index (κ3) is 2.37. The zero-order valence-corrected chi connectivity index (χ0v) is 7.65. The first kappa shape index (κ1) is 12.6. The number of alkyl halides is 6. The van der Waals surface area contributed by atoms with Crippen LogP contribution in [-0.4, -0.2) is 0 Å². The molecule has 0 nitrogen and oxygen atoms in total. The van der Waals surface area contributed by atoms with Gasteiger partial charge in [-0.1, -0.05) is 18.7 Å². The highest BCUT2D eigenvalue weighted by Gasteiger charge is 2.39. The molecule has 0 amide bonds. The lowest BCUT2D eigenvalue weighted by Crippen LogP contribution is -2.14. The fraction of sp³-hybridized carbons (Fsp3) is 0.200. The van der Waals surface area contributed by atoms with Gasteiger partial charge >= 0.3 is 12.4 Å². The molecule has 0 spiro atoms. The van der Waals surface area contributed by atoms with E-state index in [9.17, 15) is 26.3 Å². The van der Waals surface area contributed by atoms with Gasteiger partial charge in [0, 0.05) is 0 Å². The predicted octanol–water partition coefficient (Wildman–Crippen LogP) is 4.17. The van der Waals surface area contributed by atoms with Gasteiger partial charge in [-0.15, -0.1) is 0 Å². The van der Waals surface area contributed by atoms with Gasteiger partial charge in [-0.05, 0) is 17.7 Å². The van der Waals surface area contributed by atoms with Gasteiger partial charge in [-0.25, -0.2) is 0 Å². The van der Waals surface area contributed by atoms with Crippen LogP contribution in [0.4, 0.5) is 26.3 Å². The maximum Gasteiger partial charge on any atom is 0.417 e. The minimum Gasteiger partial charge on any atom is -0.166 e. The van der Waals surface area contributed by atoms with E-state index in [0.29, 0.717) is 24.3 Å². The van der Waals surface area contributed by atoms with E-state index < -0.39 is 29.0 Å². The molecule has 0 unspecified atom stereocenters. The van der Waals surface area contributed by atoms with Crippen LogP contribution in [0.3, 0.4) is 0 Å². The molecule has 0 N–H and O–H groups in total. The SMILES string of the molecule is [CH]=Cc1c(C(F)(F)F)cccc1C(F)(F)F. The first-order valence-electron chi connectivity index (χ1n) is 4.00. The first-order valence-corrected chi connectivity index (χ1v) is 4.00. The van der Waals surface area contributed by atoms with E-state index in [1.807, 2.05) is 0 Å².